The third-order valence-corrected chi connectivity index (χ3v) is 5.07. The fourth-order valence-electron chi connectivity index (χ4n) is 3.67. The minimum Gasteiger partial charge on any atom is -0.357 e. The van der Waals surface area contributed by atoms with E-state index in [9.17, 15) is 13.2 Å². The number of hydrogen-bond donors (Lipinski definition) is 2. The summed E-state index contributed by atoms with van der Waals surface area (Å²) in [5.41, 5.74) is 0. The van der Waals surface area contributed by atoms with Crippen molar-refractivity contribution in [3.05, 3.63) is 0 Å². The van der Waals surface area contributed by atoms with Crippen LogP contribution < -0.4 is 10.6 Å². The smallest absolute Gasteiger partial charge is 0.357 e. The Morgan fingerprint density at radius 3 is 2.61 bits per heavy atom. The van der Waals surface area contributed by atoms with E-state index in [1.54, 1.807) is 0 Å². The van der Waals surface area contributed by atoms with Crippen LogP contribution in [0.15, 0.2) is 4.99 Å². The molecule has 2 aliphatic heterocycles. The van der Waals surface area contributed by atoms with E-state index in [1.807, 2.05) is 6.92 Å². The highest BCUT2D eigenvalue weighted by molar-refractivity contribution is 14.0. The van der Waals surface area contributed by atoms with E-state index in [4.69, 9.17) is 0 Å². The molecule has 0 aromatic rings. The summed E-state index contributed by atoms with van der Waals surface area (Å²) in [4.78, 5) is 10.9. The van der Waals surface area contributed by atoms with E-state index in [0.29, 0.717) is 25.5 Å². The standard InChI is InChI=1S/C18H35F3N6.HI/c1-3-22-17(24-16-6-11-27(14-16)15-18(19,20)21)23-7-4-9-26-10-5-8-25(2)12-13-26;/h16H,3-15H2,1-2H3,(H2,22,23,24);1H. The molecule has 10 heteroatoms. The summed E-state index contributed by atoms with van der Waals surface area (Å²) in [6.07, 6.45) is -1.22. The predicted octanol–water partition coefficient (Wildman–Crippen LogP) is 1.82. The summed E-state index contributed by atoms with van der Waals surface area (Å²) in [5, 5.41) is 6.50. The molecule has 0 amide bonds. The van der Waals surface area contributed by atoms with Crippen LogP contribution in [0.25, 0.3) is 0 Å². The van der Waals surface area contributed by atoms with Gasteiger partial charge in [0.1, 0.15) is 0 Å². The Kier molecular flexibility index (Phi) is 12.0. The first-order chi connectivity index (χ1) is 12.9. The summed E-state index contributed by atoms with van der Waals surface area (Å²) >= 11 is 0. The molecule has 0 radical (unpaired) electrons. The molecule has 2 heterocycles. The maximum atomic E-state index is 12.5. The number of likely N-dealkylation sites (tertiary alicyclic amines) is 1. The first kappa shape index (κ1) is 25.7. The van der Waals surface area contributed by atoms with Gasteiger partial charge in [-0.15, -0.1) is 24.0 Å². The highest BCUT2D eigenvalue weighted by atomic mass is 127. The van der Waals surface area contributed by atoms with Gasteiger partial charge in [-0.1, -0.05) is 0 Å². The summed E-state index contributed by atoms with van der Waals surface area (Å²) < 4.78 is 37.6. The molecule has 2 saturated heterocycles. The van der Waals surface area contributed by atoms with Crippen molar-refractivity contribution in [3.63, 3.8) is 0 Å². The van der Waals surface area contributed by atoms with Crippen LogP contribution in [0.5, 0.6) is 0 Å². The van der Waals surface area contributed by atoms with Gasteiger partial charge in [-0.25, -0.2) is 0 Å². The van der Waals surface area contributed by atoms with Crippen LogP contribution in [0.4, 0.5) is 13.2 Å². The highest BCUT2D eigenvalue weighted by Crippen LogP contribution is 2.19. The van der Waals surface area contributed by atoms with Gasteiger partial charge in [-0.3, -0.25) is 9.89 Å². The zero-order valence-corrected chi connectivity index (χ0v) is 19.4. The molecule has 0 spiro atoms. The number of alkyl halides is 3. The molecule has 0 saturated carbocycles. The number of halogens is 4. The SMILES string of the molecule is CCNC(=NCCCN1CCCN(C)CC1)NC1CCN(CC(F)(F)F)C1.I. The van der Waals surface area contributed by atoms with Crippen molar-refractivity contribution in [3.8, 4) is 0 Å². The Bertz CT molecular complexity index is 463. The lowest BCUT2D eigenvalue weighted by atomic mass is 10.3. The van der Waals surface area contributed by atoms with Crippen LogP contribution in [0, 0.1) is 0 Å². The van der Waals surface area contributed by atoms with E-state index in [2.05, 4.69) is 32.5 Å². The average Bonchev–Trinajstić information content (AvgIpc) is 2.89. The van der Waals surface area contributed by atoms with Crippen LogP contribution in [0.3, 0.4) is 0 Å². The molecule has 0 aromatic heterocycles. The van der Waals surface area contributed by atoms with Gasteiger partial charge >= 0.3 is 6.18 Å². The Morgan fingerprint density at radius 1 is 1.11 bits per heavy atom. The van der Waals surface area contributed by atoms with Crippen molar-refractivity contribution >= 4 is 29.9 Å². The van der Waals surface area contributed by atoms with Gasteiger partial charge in [0.05, 0.1) is 6.54 Å². The van der Waals surface area contributed by atoms with Gasteiger partial charge in [-0.2, -0.15) is 13.2 Å². The molecule has 0 aliphatic carbocycles. The Balaban J connectivity index is 0.00000392. The Hall–Kier alpha value is -0.330. The van der Waals surface area contributed by atoms with Crippen molar-refractivity contribution < 1.29 is 13.2 Å². The van der Waals surface area contributed by atoms with Crippen LogP contribution in [-0.4, -0.2) is 105 Å². The Labute approximate surface area is 184 Å². The molecule has 6 nitrogen and oxygen atoms in total. The van der Waals surface area contributed by atoms with Crippen LogP contribution in [0.1, 0.15) is 26.2 Å². The summed E-state index contributed by atoms with van der Waals surface area (Å²) in [5.74, 6) is 0.715. The number of aliphatic imine (C=N–C) groups is 1. The summed E-state index contributed by atoms with van der Waals surface area (Å²) in [7, 11) is 2.17. The van der Waals surface area contributed by atoms with Crippen molar-refractivity contribution in [2.24, 2.45) is 4.99 Å². The summed E-state index contributed by atoms with van der Waals surface area (Å²) in [6, 6.07) is 0.0197. The largest absolute Gasteiger partial charge is 0.401 e. The Morgan fingerprint density at radius 2 is 1.89 bits per heavy atom. The van der Waals surface area contributed by atoms with Crippen LogP contribution in [0.2, 0.25) is 0 Å². The maximum Gasteiger partial charge on any atom is 0.401 e. The number of guanidine groups is 1. The second kappa shape index (κ2) is 13.1. The molecule has 2 aliphatic rings. The molecule has 2 fully saturated rings. The molecule has 1 atom stereocenters. The van der Waals surface area contributed by atoms with E-state index >= 15 is 0 Å². The van der Waals surface area contributed by atoms with Gasteiger partial charge in [0.25, 0.3) is 0 Å². The first-order valence-corrected chi connectivity index (χ1v) is 10.1. The number of likely N-dealkylation sites (N-methyl/N-ethyl adjacent to an activating group) is 1. The second-order valence-electron chi connectivity index (χ2n) is 7.59. The normalized spacial score (nSPS) is 23.3. The molecule has 2 rings (SSSR count). The van der Waals surface area contributed by atoms with E-state index in [-0.39, 0.29) is 30.0 Å². The van der Waals surface area contributed by atoms with Gasteiger partial charge in [-0.05, 0) is 52.9 Å². The van der Waals surface area contributed by atoms with E-state index in [1.165, 1.54) is 11.3 Å². The monoisotopic (exact) mass is 520 g/mol. The van der Waals surface area contributed by atoms with Gasteiger partial charge in [0, 0.05) is 45.3 Å². The lowest BCUT2D eigenvalue weighted by molar-refractivity contribution is -0.143. The molecule has 166 valence electrons. The zero-order chi connectivity index (χ0) is 19.7. The topological polar surface area (TPSA) is 46.1 Å². The highest BCUT2D eigenvalue weighted by Gasteiger charge is 2.34. The lowest BCUT2D eigenvalue weighted by Gasteiger charge is -2.20. The molecule has 0 aromatic carbocycles. The number of rotatable bonds is 7. The minimum absolute atomic E-state index is 0. The zero-order valence-electron chi connectivity index (χ0n) is 17.1. The summed E-state index contributed by atoms with van der Waals surface area (Å²) in [6.45, 7) is 9.08. The fraction of sp³-hybridized carbons (Fsp3) is 0.944. The third-order valence-electron chi connectivity index (χ3n) is 5.07. The number of nitrogens with zero attached hydrogens (tertiary/aromatic N) is 4. The van der Waals surface area contributed by atoms with Crippen LogP contribution >= 0.6 is 24.0 Å². The van der Waals surface area contributed by atoms with Gasteiger partial charge in [0.2, 0.25) is 0 Å². The second-order valence-corrected chi connectivity index (χ2v) is 7.59. The molecule has 28 heavy (non-hydrogen) atoms. The molecular formula is C18H36F3IN6. The predicted molar refractivity (Wildman–Crippen MR) is 119 cm³/mol. The first-order valence-electron chi connectivity index (χ1n) is 10.1. The average molecular weight is 520 g/mol. The lowest BCUT2D eigenvalue weighted by Crippen LogP contribution is -2.45. The number of hydrogen-bond acceptors (Lipinski definition) is 4. The van der Waals surface area contributed by atoms with Crippen molar-refractivity contribution in [2.75, 3.05) is 72.5 Å². The molecule has 1 unspecified atom stereocenters. The minimum atomic E-state index is -4.13. The van der Waals surface area contributed by atoms with Gasteiger partial charge in [0.15, 0.2) is 5.96 Å². The van der Waals surface area contributed by atoms with Crippen LogP contribution in [-0.2, 0) is 0 Å². The van der Waals surface area contributed by atoms with Crippen molar-refractivity contribution in [2.45, 2.75) is 38.4 Å². The van der Waals surface area contributed by atoms with Crippen molar-refractivity contribution in [1.29, 1.82) is 0 Å². The number of nitrogens with one attached hydrogen (secondary N) is 2. The van der Waals surface area contributed by atoms with E-state index in [0.717, 1.165) is 52.2 Å². The quantitative estimate of drug-likeness (QED) is 0.232. The van der Waals surface area contributed by atoms with Gasteiger partial charge < -0.3 is 20.4 Å². The maximum absolute atomic E-state index is 12.5. The molecule has 0 bridgehead atoms. The molecule has 2 N–H and O–H groups in total. The third kappa shape index (κ3) is 10.4. The fourth-order valence-corrected chi connectivity index (χ4v) is 3.67. The van der Waals surface area contributed by atoms with Crippen molar-refractivity contribution in [1.82, 2.24) is 25.3 Å². The van der Waals surface area contributed by atoms with E-state index < -0.39 is 12.7 Å². The molecular weight excluding hydrogens is 484 g/mol.